The van der Waals surface area contributed by atoms with E-state index in [4.69, 9.17) is 0 Å². The summed E-state index contributed by atoms with van der Waals surface area (Å²) in [4.78, 5) is 27.0. The predicted molar refractivity (Wildman–Crippen MR) is 465 cm³/mol. The Morgan fingerprint density at radius 3 is 1.04 bits per heavy atom. The van der Waals surface area contributed by atoms with Gasteiger partial charge in [0.05, 0.1) is 16.8 Å². The van der Waals surface area contributed by atoms with Gasteiger partial charge in [0.15, 0.2) is 0 Å². The van der Waals surface area contributed by atoms with Crippen LogP contribution in [-0.4, -0.2) is 45.1 Å². The van der Waals surface area contributed by atoms with E-state index in [1.807, 2.05) is 305 Å². The summed E-state index contributed by atoms with van der Waals surface area (Å²) >= 11 is 0. The molecule has 0 saturated heterocycles. The first-order valence-corrected chi connectivity index (χ1v) is 38.7. The van der Waals surface area contributed by atoms with Gasteiger partial charge in [-0.25, -0.2) is 21.1 Å². The monoisotopic (exact) mass is 1600 g/mol. The van der Waals surface area contributed by atoms with E-state index in [1.165, 1.54) is 73.1 Å². The van der Waals surface area contributed by atoms with Gasteiger partial charge in [-0.2, -0.15) is 58.2 Å². The van der Waals surface area contributed by atoms with E-state index < -0.39 is 0 Å². The van der Waals surface area contributed by atoms with Crippen molar-refractivity contribution in [1.29, 1.82) is 0 Å². The topological polar surface area (TPSA) is 116 Å². The molecule has 6 aromatic heterocycles. The maximum atomic E-state index is 3.98. The number of nitrogens with zero attached hydrogens (tertiary/aromatic N) is 9. The van der Waals surface area contributed by atoms with Gasteiger partial charge in [-0.1, -0.05) is 282 Å². The molecule has 14 rings (SSSR count). The molecule has 2 radical (unpaired) electrons. The molecule has 2 aliphatic carbocycles. The van der Waals surface area contributed by atoms with Crippen LogP contribution in [-0.2, 0) is 70.8 Å². The minimum absolute atomic E-state index is 0. The van der Waals surface area contributed by atoms with Crippen LogP contribution in [0.3, 0.4) is 0 Å². The van der Waals surface area contributed by atoms with Crippen LogP contribution in [0.1, 0.15) is 233 Å². The summed E-state index contributed by atoms with van der Waals surface area (Å²) in [5.41, 5.74) is 22.2. The molecule has 6 aromatic carbocycles. The number of aryl methyl sites for hydroxylation is 8. The maximum Gasteiger partial charge on any atom is 0.115 e. The summed E-state index contributed by atoms with van der Waals surface area (Å²) in [6.45, 7) is 64.1. The Hall–Kier alpha value is -7.78. The third-order valence-corrected chi connectivity index (χ3v) is 12.8. The first-order valence-electron chi connectivity index (χ1n) is 38.7. The average molecular weight is 1600 g/mol. The Morgan fingerprint density at radius 2 is 0.720 bits per heavy atom. The smallest absolute Gasteiger partial charge is 0.115 e. The van der Waals surface area contributed by atoms with E-state index in [1.54, 1.807) is 55.8 Å². The Balaban J connectivity index is -0.000000176. The quantitative estimate of drug-likeness (QED) is 0.148. The Labute approximate surface area is 706 Å². The summed E-state index contributed by atoms with van der Waals surface area (Å²) in [5.74, 6) is 0. The first-order chi connectivity index (χ1) is 51.6. The molecule has 107 heavy (non-hydrogen) atoms. The Morgan fingerprint density at radius 1 is 0.271 bits per heavy atom. The molecule has 0 aliphatic heterocycles. The molecule has 12 aromatic rings. The van der Waals surface area contributed by atoms with Gasteiger partial charge in [0.1, 0.15) is 6.33 Å². The van der Waals surface area contributed by atoms with E-state index in [9.17, 15) is 0 Å². The molecule has 0 unspecified atom stereocenters. The van der Waals surface area contributed by atoms with Gasteiger partial charge in [-0.15, -0.1) is 12.1 Å². The molecule has 0 atom stereocenters. The molecule has 11 heteroatoms. The molecule has 2 aliphatic rings. The van der Waals surface area contributed by atoms with Crippen LogP contribution < -0.4 is 0 Å². The number of hydrogen-bond donors (Lipinski definition) is 0. The summed E-state index contributed by atoms with van der Waals surface area (Å²) in [6, 6.07) is 73.6. The molecule has 0 bridgehead atoms. The molecule has 6 heterocycles. The second-order valence-electron chi connectivity index (χ2n) is 19.0. The minimum Gasteiger partial charge on any atom is -0.265 e. The molecule has 0 amide bonds. The SMILES string of the molecule is CC.CC.CC.CC.CC.CC.CC.CC.CC.CC.CC.CC.Cc1ccc2c(c1)C1(c3ccccc3-c3ccccc31)c1ccccc1-2.Cc1ccc[c-]c1-c1[c-]cccc1.Cc1ccccn1.Cc1cccnc1.Cc1cccnn1.Cc1ccncc1.Cc1ccncn1.Cc1cnccn1.[Y].[Y]. The molecule has 0 saturated carbocycles. The van der Waals surface area contributed by atoms with E-state index >= 15 is 0 Å². The largest absolute Gasteiger partial charge is 0.265 e. The van der Waals surface area contributed by atoms with Crippen LogP contribution in [0.25, 0.3) is 33.4 Å². The van der Waals surface area contributed by atoms with Crippen LogP contribution in [0.2, 0.25) is 0 Å². The van der Waals surface area contributed by atoms with Crippen molar-refractivity contribution in [3.63, 3.8) is 0 Å². The third-order valence-electron chi connectivity index (χ3n) is 12.8. The van der Waals surface area contributed by atoms with Gasteiger partial charge in [0.2, 0.25) is 0 Å². The fourth-order valence-electron chi connectivity index (χ4n) is 9.00. The molecule has 0 fully saturated rings. The normalized spacial score (nSPS) is 8.86. The molecular weight excluding hydrogens is 1460 g/mol. The van der Waals surface area contributed by atoms with E-state index in [0.29, 0.717) is 0 Å². The van der Waals surface area contributed by atoms with E-state index in [2.05, 4.69) is 174 Å². The van der Waals surface area contributed by atoms with E-state index in [0.717, 1.165) is 33.9 Å². The van der Waals surface area contributed by atoms with Gasteiger partial charge in [0, 0.05) is 139 Å². The minimum atomic E-state index is -0.189. The third kappa shape index (κ3) is 45.6. The number of rotatable bonds is 1. The van der Waals surface area contributed by atoms with Gasteiger partial charge >= 0.3 is 0 Å². The van der Waals surface area contributed by atoms with Crippen LogP contribution in [0, 0.1) is 67.5 Å². The number of benzene rings is 6. The van der Waals surface area contributed by atoms with Crippen molar-refractivity contribution in [3.05, 3.63) is 342 Å². The summed E-state index contributed by atoms with van der Waals surface area (Å²) in [7, 11) is 0. The first kappa shape index (κ1) is 115. The van der Waals surface area contributed by atoms with Crippen LogP contribution >= 0.6 is 0 Å². The van der Waals surface area contributed by atoms with E-state index in [-0.39, 0.29) is 70.8 Å². The van der Waals surface area contributed by atoms with Gasteiger partial charge in [-0.05, 0) is 153 Å². The van der Waals surface area contributed by atoms with Crippen LogP contribution in [0.15, 0.2) is 262 Å². The van der Waals surface area contributed by atoms with Gasteiger partial charge in [0.25, 0.3) is 0 Å². The van der Waals surface area contributed by atoms with Crippen LogP contribution in [0.5, 0.6) is 0 Å². The second-order valence-corrected chi connectivity index (χ2v) is 19.0. The van der Waals surface area contributed by atoms with Crippen molar-refractivity contribution >= 4 is 0 Å². The number of fused-ring (bicyclic) bond motifs is 10. The van der Waals surface area contributed by atoms with Crippen molar-refractivity contribution in [2.45, 2.75) is 227 Å². The number of hydrogen-bond acceptors (Lipinski definition) is 9. The molecule has 576 valence electrons. The second kappa shape index (κ2) is 82.3. The fraction of sp³-hybridized carbons (Fsp3) is 0.344. The number of aromatic nitrogens is 9. The van der Waals surface area contributed by atoms with Crippen molar-refractivity contribution < 1.29 is 65.4 Å². The summed E-state index contributed by atoms with van der Waals surface area (Å²) in [5, 5.41) is 7.36. The average Bonchev–Trinajstić information content (AvgIpc) is 1.51. The molecule has 9 nitrogen and oxygen atoms in total. The van der Waals surface area contributed by atoms with Crippen molar-refractivity contribution in [1.82, 2.24) is 45.1 Å². The van der Waals surface area contributed by atoms with Gasteiger partial charge in [-0.3, -0.25) is 24.9 Å². The number of pyridine rings is 3. The maximum absolute atomic E-state index is 3.98. The van der Waals surface area contributed by atoms with Crippen molar-refractivity contribution in [2.75, 3.05) is 0 Å². The Bertz CT molecular complexity index is 3380. The van der Waals surface area contributed by atoms with Gasteiger partial charge < -0.3 is 0 Å². The molecular formula is C96H139N9Y2-2. The van der Waals surface area contributed by atoms with Crippen LogP contribution in [0.4, 0.5) is 0 Å². The van der Waals surface area contributed by atoms with Crippen molar-refractivity contribution in [2.24, 2.45) is 0 Å². The fourth-order valence-corrected chi connectivity index (χ4v) is 9.00. The standard InChI is InChI=1S/C26H18.C13H10.3C6H7N.3C5H6N2.12C2H6.2Y/c1-17-14-15-21-20-10-4-7-13-24(20)26(25(21)16-17)22-11-5-2-8-18(22)19-9-3-6-12-23(19)26;1-11-7-5-6-10-13(11)12-8-3-2-4-9-12;1-6-2-4-7-5-3-6;1-6-3-2-4-7-5-6;1-6-4-2-3-5-7-6;1-5-4-6-2-3-7-5;1-5-2-3-6-4-7-5;1-5-3-2-4-6-7-5;12*1-2;;/h2-16H,1H3;2-8H,1H3;3*2-5H,1H3;3*2-4H,1H3;12*1-2H3;;/q;-2;;;;;;;;;;;;;;;;;;;;. The zero-order valence-electron chi connectivity index (χ0n) is 72.5. The zero-order chi connectivity index (χ0) is 81.1. The predicted octanol–water partition coefficient (Wildman–Crippen LogP) is 28.4. The Kier molecular flexibility index (Phi) is 88.5. The summed E-state index contributed by atoms with van der Waals surface area (Å²) in [6.07, 6.45) is 18.9. The van der Waals surface area contributed by atoms with Crippen molar-refractivity contribution in [3.8, 4) is 33.4 Å². The molecule has 1 spiro atoms. The molecule has 0 N–H and O–H groups in total. The zero-order valence-corrected chi connectivity index (χ0v) is 78.2. The summed E-state index contributed by atoms with van der Waals surface area (Å²) < 4.78 is 0.